The number of anilines is 1. The molecule has 2 aromatic rings. The van der Waals surface area contributed by atoms with E-state index in [4.69, 9.17) is 11.6 Å². The van der Waals surface area contributed by atoms with Gasteiger partial charge in [0.05, 0.1) is 4.90 Å². The molecule has 0 spiro atoms. The van der Waals surface area contributed by atoms with E-state index in [0.29, 0.717) is 17.9 Å². The maximum Gasteiger partial charge on any atom is 0.256 e. The van der Waals surface area contributed by atoms with Gasteiger partial charge in [-0.25, -0.2) is 13.4 Å². The molecule has 2 heterocycles. The van der Waals surface area contributed by atoms with E-state index < -0.39 is 10.0 Å². The molecule has 1 N–H and O–H groups in total. The van der Waals surface area contributed by atoms with Gasteiger partial charge in [0, 0.05) is 18.2 Å². The van der Waals surface area contributed by atoms with Crippen LogP contribution >= 0.6 is 11.6 Å². The summed E-state index contributed by atoms with van der Waals surface area (Å²) in [4.78, 5) is 16.5. The molecule has 1 amide bonds. The third-order valence-electron chi connectivity index (χ3n) is 4.42. The van der Waals surface area contributed by atoms with Crippen molar-refractivity contribution in [3.63, 3.8) is 0 Å². The van der Waals surface area contributed by atoms with Crippen LogP contribution in [0.1, 0.15) is 36.5 Å². The van der Waals surface area contributed by atoms with Gasteiger partial charge in [0.1, 0.15) is 11.0 Å². The van der Waals surface area contributed by atoms with Gasteiger partial charge in [-0.1, -0.05) is 24.1 Å². The monoisotopic (exact) mass is 393 g/mol. The first-order valence-electron chi connectivity index (χ1n) is 8.44. The molecule has 26 heavy (non-hydrogen) atoms. The molecule has 3 rings (SSSR count). The minimum atomic E-state index is -3.55. The Morgan fingerprint density at radius 1 is 1.19 bits per heavy atom. The molecule has 138 valence electrons. The SMILES string of the molecule is C[C@H]1CCCCN1S(=O)(=O)c1ccc(C(=O)Nc2cccc(Cl)n2)cc1. The van der Waals surface area contributed by atoms with Crippen molar-refractivity contribution in [2.45, 2.75) is 37.1 Å². The van der Waals surface area contributed by atoms with Gasteiger partial charge in [-0.15, -0.1) is 0 Å². The lowest BCUT2D eigenvalue weighted by atomic mass is 10.1. The number of carbonyl (C=O) groups is 1. The number of hydrogen-bond acceptors (Lipinski definition) is 4. The average Bonchev–Trinajstić information content (AvgIpc) is 2.62. The molecule has 0 aliphatic carbocycles. The second kappa shape index (κ2) is 7.73. The Morgan fingerprint density at radius 3 is 2.58 bits per heavy atom. The molecule has 1 fully saturated rings. The summed E-state index contributed by atoms with van der Waals surface area (Å²) in [6, 6.07) is 10.8. The van der Waals surface area contributed by atoms with Crippen molar-refractivity contribution in [3.05, 3.63) is 53.2 Å². The van der Waals surface area contributed by atoms with Crippen LogP contribution in [0.4, 0.5) is 5.82 Å². The summed E-state index contributed by atoms with van der Waals surface area (Å²) in [5.41, 5.74) is 0.345. The van der Waals surface area contributed by atoms with Gasteiger partial charge in [0.2, 0.25) is 10.0 Å². The first kappa shape index (κ1) is 18.8. The molecule has 0 bridgehead atoms. The summed E-state index contributed by atoms with van der Waals surface area (Å²) >= 11 is 5.80. The van der Waals surface area contributed by atoms with Crippen molar-refractivity contribution < 1.29 is 13.2 Å². The summed E-state index contributed by atoms with van der Waals surface area (Å²) in [6.45, 7) is 2.46. The normalized spacial score (nSPS) is 18.5. The van der Waals surface area contributed by atoms with Crippen LogP contribution in [0.3, 0.4) is 0 Å². The van der Waals surface area contributed by atoms with Crippen molar-refractivity contribution in [2.75, 3.05) is 11.9 Å². The molecule has 0 radical (unpaired) electrons. The second-order valence-corrected chi connectivity index (χ2v) is 8.56. The molecule has 1 atom stereocenters. The second-order valence-electron chi connectivity index (χ2n) is 6.28. The minimum absolute atomic E-state index is 0.00868. The van der Waals surface area contributed by atoms with Crippen LogP contribution in [0, 0.1) is 0 Å². The highest BCUT2D eigenvalue weighted by atomic mass is 35.5. The lowest BCUT2D eigenvalue weighted by Gasteiger charge is -2.32. The molecule has 0 unspecified atom stereocenters. The van der Waals surface area contributed by atoms with Crippen LogP contribution in [0.15, 0.2) is 47.4 Å². The van der Waals surface area contributed by atoms with E-state index in [2.05, 4.69) is 10.3 Å². The van der Waals surface area contributed by atoms with Crippen molar-refractivity contribution in [1.29, 1.82) is 0 Å². The van der Waals surface area contributed by atoms with E-state index in [1.54, 1.807) is 22.5 Å². The predicted molar refractivity (Wildman–Crippen MR) is 101 cm³/mol. The van der Waals surface area contributed by atoms with Gasteiger partial charge in [-0.2, -0.15) is 4.31 Å². The number of benzene rings is 1. The Kier molecular flexibility index (Phi) is 5.60. The molecule has 1 aromatic heterocycles. The third kappa shape index (κ3) is 4.06. The smallest absolute Gasteiger partial charge is 0.256 e. The largest absolute Gasteiger partial charge is 0.307 e. The van der Waals surface area contributed by atoms with E-state index >= 15 is 0 Å². The molecule has 8 heteroatoms. The number of halogens is 1. The summed E-state index contributed by atoms with van der Waals surface area (Å²) < 4.78 is 27.2. The molecular weight excluding hydrogens is 374 g/mol. The van der Waals surface area contributed by atoms with Crippen LogP contribution in [0.25, 0.3) is 0 Å². The zero-order chi connectivity index (χ0) is 18.7. The molecule has 0 saturated carbocycles. The molecule has 1 saturated heterocycles. The molecule has 6 nitrogen and oxygen atoms in total. The fraction of sp³-hybridized carbons (Fsp3) is 0.333. The van der Waals surface area contributed by atoms with Crippen LogP contribution in [0.5, 0.6) is 0 Å². The van der Waals surface area contributed by atoms with E-state index in [-0.39, 0.29) is 22.0 Å². The molecular formula is C18H20ClN3O3S. The standard InChI is InChI=1S/C18H20ClN3O3S/c1-13-5-2-3-12-22(13)26(24,25)15-10-8-14(9-11-15)18(23)21-17-7-4-6-16(19)20-17/h4,6-11,13H,2-3,5,12H2,1H3,(H,20,21,23)/t13-/m0/s1. The van der Waals surface area contributed by atoms with Crippen molar-refractivity contribution in [2.24, 2.45) is 0 Å². The fourth-order valence-corrected chi connectivity index (χ4v) is 4.87. The summed E-state index contributed by atoms with van der Waals surface area (Å²) in [5, 5.41) is 2.91. The number of sulfonamides is 1. The van der Waals surface area contributed by atoms with Crippen molar-refractivity contribution in [1.82, 2.24) is 9.29 Å². The number of hydrogen-bond donors (Lipinski definition) is 1. The first-order chi connectivity index (χ1) is 12.4. The zero-order valence-electron chi connectivity index (χ0n) is 14.4. The number of piperidine rings is 1. The maximum atomic E-state index is 12.8. The van der Waals surface area contributed by atoms with Gasteiger partial charge in [-0.05, 0) is 56.2 Å². The highest BCUT2D eigenvalue weighted by molar-refractivity contribution is 7.89. The maximum absolute atomic E-state index is 12.8. The Bertz CT molecular complexity index is 900. The van der Waals surface area contributed by atoms with Gasteiger partial charge >= 0.3 is 0 Å². The lowest BCUT2D eigenvalue weighted by Crippen LogP contribution is -2.41. The lowest BCUT2D eigenvalue weighted by molar-refractivity contribution is 0.102. The van der Waals surface area contributed by atoms with E-state index in [1.807, 2.05) is 6.92 Å². The van der Waals surface area contributed by atoms with E-state index in [1.165, 1.54) is 24.3 Å². The van der Waals surface area contributed by atoms with E-state index in [0.717, 1.165) is 19.3 Å². The van der Waals surface area contributed by atoms with Gasteiger partial charge in [0.15, 0.2) is 0 Å². The Balaban J connectivity index is 1.76. The number of nitrogens with zero attached hydrogens (tertiary/aromatic N) is 2. The van der Waals surface area contributed by atoms with Crippen LogP contribution in [-0.2, 0) is 10.0 Å². The number of rotatable bonds is 4. The number of aromatic nitrogens is 1. The quantitative estimate of drug-likeness (QED) is 0.805. The highest BCUT2D eigenvalue weighted by Gasteiger charge is 2.30. The predicted octanol–water partition coefficient (Wildman–Crippen LogP) is 3.55. The van der Waals surface area contributed by atoms with Crippen molar-refractivity contribution >= 4 is 33.3 Å². The molecule has 1 aliphatic heterocycles. The Labute approximate surface area is 158 Å². The fourth-order valence-electron chi connectivity index (χ4n) is 3.01. The number of pyridine rings is 1. The van der Waals surface area contributed by atoms with Crippen LogP contribution < -0.4 is 5.32 Å². The van der Waals surface area contributed by atoms with Crippen LogP contribution in [0.2, 0.25) is 5.15 Å². The number of nitrogens with one attached hydrogen (secondary N) is 1. The highest BCUT2D eigenvalue weighted by Crippen LogP contribution is 2.25. The number of carbonyl (C=O) groups excluding carboxylic acids is 1. The Hall–Kier alpha value is -1.96. The van der Waals surface area contributed by atoms with Crippen molar-refractivity contribution in [3.8, 4) is 0 Å². The molecule has 1 aromatic carbocycles. The molecule has 1 aliphatic rings. The summed E-state index contributed by atoms with van der Waals surface area (Å²) in [5.74, 6) is -0.0450. The minimum Gasteiger partial charge on any atom is -0.307 e. The third-order valence-corrected chi connectivity index (χ3v) is 6.66. The topological polar surface area (TPSA) is 79.4 Å². The summed E-state index contributed by atoms with van der Waals surface area (Å²) in [6.07, 6.45) is 2.78. The van der Waals surface area contributed by atoms with Gasteiger partial charge in [-0.3, -0.25) is 4.79 Å². The number of amides is 1. The summed E-state index contributed by atoms with van der Waals surface area (Å²) in [7, 11) is -3.55. The van der Waals surface area contributed by atoms with Crippen LogP contribution in [-0.4, -0.2) is 36.2 Å². The zero-order valence-corrected chi connectivity index (χ0v) is 15.9. The van der Waals surface area contributed by atoms with Gasteiger partial charge < -0.3 is 5.32 Å². The average molecular weight is 394 g/mol. The Morgan fingerprint density at radius 2 is 1.92 bits per heavy atom. The first-order valence-corrected chi connectivity index (χ1v) is 10.3. The van der Waals surface area contributed by atoms with Gasteiger partial charge in [0.25, 0.3) is 5.91 Å². The van der Waals surface area contributed by atoms with E-state index in [9.17, 15) is 13.2 Å².